The minimum Gasteiger partial charge on any atom is -0.465 e. The van der Waals surface area contributed by atoms with Crippen LogP contribution in [0.2, 0.25) is 5.02 Å². The number of rotatable bonds is 6. The third kappa shape index (κ3) is 5.73. The molecule has 6 heteroatoms. The van der Waals surface area contributed by atoms with Gasteiger partial charge in [-0.05, 0) is 35.2 Å². The zero-order chi connectivity index (χ0) is 20.0. The van der Waals surface area contributed by atoms with E-state index >= 15 is 0 Å². The van der Waals surface area contributed by atoms with Crippen molar-refractivity contribution in [3.05, 3.63) is 58.6 Å². The Labute approximate surface area is 165 Å². The minimum absolute atomic E-state index is 0.0655. The van der Waals surface area contributed by atoms with Gasteiger partial charge in [0, 0.05) is 18.7 Å². The van der Waals surface area contributed by atoms with E-state index in [0.29, 0.717) is 22.8 Å². The van der Waals surface area contributed by atoms with Gasteiger partial charge in [-0.1, -0.05) is 50.6 Å². The average molecular weight is 389 g/mol. The van der Waals surface area contributed by atoms with Gasteiger partial charge in [0.15, 0.2) is 0 Å². The maximum atomic E-state index is 12.3. The number of nitrogens with one attached hydrogen (secondary N) is 2. The highest BCUT2D eigenvalue weighted by atomic mass is 35.5. The number of carbonyl (C=O) groups is 2. The van der Waals surface area contributed by atoms with Gasteiger partial charge in [-0.3, -0.25) is 4.79 Å². The Morgan fingerprint density at radius 2 is 1.78 bits per heavy atom. The molecule has 1 amide bonds. The lowest BCUT2D eigenvalue weighted by Gasteiger charge is -2.23. The highest BCUT2D eigenvalue weighted by molar-refractivity contribution is 6.33. The molecule has 0 aliphatic heterocycles. The van der Waals surface area contributed by atoms with Gasteiger partial charge >= 0.3 is 5.97 Å². The summed E-state index contributed by atoms with van der Waals surface area (Å²) in [6.07, 6.45) is 0.261. The lowest BCUT2D eigenvalue weighted by Crippen LogP contribution is -2.20. The van der Waals surface area contributed by atoms with E-state index in [1.165, 1.54) is 7.11 Å². The number of methoxy groups -OCH3 is 1. The summed E-state index contributed by atoms with van der Waals surface area (Å²) in [4.78, 5) is 23.9. The molecule has 0 atom stereocenters. The van der Waals surface area contributed by atoms with E-state index in [2.05, 4.69) is 31.4 Å². The van der Waals surface area contributed by atoms with Crippen LogP contribution in [0.15, 0.2) is 42.5 Å². The molecule has 0 radical (unpaired) electrons. The van der Waals surface area contributed by atoms with Crippen molar-refractivity contribution >= 4 is 34.9 Å². The van der Waals surface area contributed by atoms with Crippen molar-refractivity contribution in [3.63, 3.8) is 0 Å². The summed E-state index contributed by atoms with van der Waals surface area (Å²) in [5.41, 5.74) is 2.82. The van der Waals surface area contributed by atoms with Crippen LogP contribution in [0.1, 0.15) is 43.1 Å². The predicted molar refractivity (Wildman–Crippen MR) is 110 cm³/mol. The van der Waals surface area contributed by atoms with E-state index in [4.69, 9.17) is 16.3 Å². The van der Waals surface area contributed by atoms with E-state index in [-0.39, 0.29) is 17.7 Å². The second kappa shape index (κ2) is 8.91. The number of carbonyl (C=O) groups excluding carboxylic acids is 2. The first-order valence-electron chi connectivity index (χ1n) is 8.73. The summed E-state index contributed by atoms with van der Waals surface area (Å²) in [6, 6.07) is 12.6. The summed E-state index contributed by atoms with van der Waals surface area (Å²) in [5, 5.41) is 6.54. The molecule has 5 nitrogen and oxygen atoms in total. The quantitative estimate of drug-likeness (QED) is 0.693. The first kappa shape index (κ1) is 20.8. The molecule has 0 bridgehead atoms. The molecule has 144 valence electrons. The number of hydrogen-bond acceptors (Lipinski definition) is 4. The van der Waals surface area contributed by atoms with E-state index in [1.54, 1.807) is 18.2 Å². The Kier molecular flexibility index (Phi) is 6.86. The first-order chi connectivity index (χ1) is 12.7. The molecule has 0 aliphatic carbocycles. The fourth-order valence-electron chi connectivity index (χ4n) is 2.68. The maximum absolute atomic E-state index is 12.3. The molecule has 0 spiro atoms. The number of para-hydroxylation sites is 1. The summed E-state index contributed by atoms with van der Waals surface area (Å²) < 4.78 is 4.70. The molecule has 2 aromatic carbocycles. The monoisotopic (exact) mass is 388 g/mol. The summed E-state index contributed by atoms with van der Waals surface area (Å²) in [5.74, 6) is -0.536. The van der Waals surface area contributed by atoms with Gasteiger partial charge in [0.1, 0.15) is 0 Å². The highest BCUT2D eigenvalue weighted by Crippen LogP contribution is 2.29. The van der Waals surface area contributed by atoms with Crippen LogP contribution in [0, 0.1) is 0 Å². The molecule has 0 saturated carbocycles. The van der Waals surface area contributed by atoms with Gasteiger partial charge in [0.05, 0.1) is 23.4 Å². The van der Waals surface area contributed by atoms with Crippen molar-refractivity contribution in [1.29, 1.82) is 0 Å². The summed E-state index contributed by atoms with van der Waals surface area (Å²) in [7, 11) is 1.32. The first-order valence-corrected chi connectivity index (χ1v) is 9.11. The van der Waals surface area contributed by atoms with Crippen LogP contribution in [-0.4, -0.2) is 25.5 Å². The van der Waals surface area contributed by atoms with Crippen LogP contribution in [0.3, 0.4) is 0 Å². The van der Waals surface area contributed by atoms with Gasteiger partial charge in [-0.25, -0.2) is 4.79 Å². The number of ether oxygens (including phenoxy) is 1. The molecule has 0 saturated heterocycles. The summed E-state index contributed by atoms with van der Waals surface area (Å²) >= 11 is 6.14. The van der Waals surface area contributed by atoms with Gasteiger partial charge in [0.25, 0.3) is 0 Å². The minimum atomic E-state index is -0.439. The zero-order valence-corrected chi connectivity index (χ0v) is 16.8. The van der Waals surface area contributed by atoms with Crippen molar-refractivity contribution in [2.75, 3.05) is 24.3 Å². The number of halogens is 1. The molecular weight excluding hydrogens is 364 g/mol. The third-order valence-electron chi connectivity index (χ3n) is 4.06. The molecule has 2 N–H and O–H groups in total. The number of esters is 1. The van der Waals surface area contributed by atoms with E-state index in [0.717, 1.165) is 11.3 Å². The van der Waals surface area contributed by atoms with Gasteiger partial charge < -0.3 is 15.4 Å². The van der Waals surface area contributed by atoms with E-state index in [9.17, 15) is 9.59 Å². The lowest BCUT2D eigenvalue weighted by molar-refractivity contribution is -0.115. The molecule has 2 aromatic rings. The Morgan fingerprint density at radius 1 is 1.07 bits per heavy atom. The second-order valence-corrected chi connectivity index (χ2v) is 7.61. The highest BCUT2D eigenvalue weighted by Gasteiger charge is 2.18. The Hall–Kier alpha value is -2.53. The molecule has 2 rings (SSSR count). The van der Waals surface area contributed by atoms with Crippen LogP contribution in [-0.2, 0) is 14.9 Å². The molecule has 0 aromatic heterocycles. The van der Waals surface area contributed by atoms with Gasteiger partial charge in [-0.2, -0.15) is 0 Å². The predicted octanol–water partition coefficient (Wildman–Crippen LogP) is 4.86. The fraction of sp³-hybridized carbons (Fsp3) is 0.333. The van der Waals surface area contributed by atoms with Crippen LogP contribution >= 0.6 is 11.6 Å². The second-order valence-electron chi connectivity index (χ2n) is 7.21. The smallest absolute Gasteiger partial charge is 0.337 e. The molecule has 0 heterocycles. The standard InChI is InChI=1S/C21H25ClN2O3/c1-21(2,3)15-7-5-6-8-17(15)24-19(25)11-12-23-18-13-14(20(26)27-4)9-10-16(18)22/h5-10,13,23H,11-12H2,1-4H3,(H,24,25). The van der Waals surface area contributed by atoms with Crippen molar-refractivity contribution in [3.8, 4) is 0 Å². The number of benzene rings is 2. The third-order valence-corrected chi connectivity index (χ3v) is 4.39. The van der Waals surface area contributed by atoms with E-state index in [1.807, 2.05) is 24.3 Å². The molecule has 0 aliphatic rings. The molecule has 0 fully saturated rings. The van der Waals surface area contributed by atoms with Crippen molar-refractivity contribution in [2.45, 2.75) is 32.6 Å². The largest absolute Gasteiger partial charge is 0.465 e. The number of anilines is 2. The van der Waals surface area contributed by atoms with Crippen LogP contribution in [0.25, 0.3) is 0 Å². The Balaban J connectivity index is 1.97. The van der Waals surface area contributed by atoms with Crippen LogP contribution in [0.4, 0.5) is 11.4 Å². The Bertz CT molecular complexity index is 828. The lowest BCUT2D eigenvalue weighted by atomic mass is 9.86. The van der Waals surface area contributed by atoms with E-state index < -0.39 is 5.97 Å². The van der Waals surface area contributed by atoms with Gasteiger partial charge in [-0.15, -0.1) is 0 Å². The van der Waals surface area contributed by atoms with Crippen molar-refractivity contribution < 1.29 is 14.3 Å². The zero-order valence-electron chi connectivity index (χ0n) is 16.1. The normalized spacial score (nSPS) is 11.0. The molecular formula is C21H25ClN2O3. The van der Waals surface area contributed by atoms with Gasteiger partial charge in [0.2, 0.25) is 5.91 Å². The number of amides is 1. The fourth-order valence-corrected chi connectivity index (χ4v) is 2.86. The van der Waals surface area contributed by atoms with Crippen LogP contribution < -0.4 is 10.6 Å². The summed E-state index contributed by atoms with van der Waals surface area (Å²) in [6.45, 7) is 6.70. The maximum Gasteiger partial charge on any atom is 0.337 e. The molecule has 27 heavy (non-hydrogen) atoms. The molecule has 0 unspecified atom stereocenters. The number of hydrogen-bond donors (Lipinski definition) is 2. The average Bonchev–Trinajstić information content (AvgIpc) is 2.62. The van der Waals surface area contributed by atoms with Crippen molar-refractivity contribution in [1.82, 2.24) is 0 Å². The SMILES string of the molecule is COC(=O)c1ccc(Cl)c(NCCC(=O)Nc2ccccc2C(C)(C)C)c1. The topological polar surface area (TPSA) is 67.4 Å². The van der Waals surface area contributed by atoms with Crippen LogP contribution in [0.5, 0.6) is 0 Å². The van der Waals surface area contributed by atoms with Crippen molar-refractivity contribution in [2.24, 2.45) is 0 Å². The Morgan fingerprint density at radius 3 is 2.44 bits per heavy atom.